The Morgan fingerprint density at radius 1 is 1.19 bits per heavy atom. The normalized spacial score (nSPS) is 23.3. The molecule has 0 bridgehead atoms. The van der Waals surface area contributed by atoms with Crippen LogP contribution in [0.2, 0.25) is 0 Å². The van der Waals surface area contributed by atoms with Gasteiger partial charge in [-0.1, -0.05) is 30.3 Å². The van der Waals surface area contributed by atoms with Gasteiger partial charge in [0.15, 0.2) is 9.84 Å². The number of aromatic nitrogens is 2. The number of fused-ring (bicyclic) bond motifs is 4. The maximum Gasteiger partial charge on any atom is 0.175 e. The zero-order chi connectivity index (χ0) is 18.8. The first-order chi connectivity index (χ1) is 12.9. The molecule has 2 aliphatic rings. The fourth-order valence-electron chi connectivity index (χ4n) is 4.20. The molecule has 6 nitrogen and oxygen atoms in total. The summed E-state index contributed by atoms with van der Waals surface area (Å²) in [5.41, 5.74) is 3.90. The largest absolute Gasteiger partial charge is 0.493 e. The van der Waals surface area contributed by atoms with Gasteiger partial charge in [0.25, 0.3) is 0 Å². The van der Waals surface area contributed by atoms with Gasteiger partial charge in [0, 0.05) is 23.3 Å². The number of hydrogen-bond acceptors (Lipinski definition) is 5. The van der Waals surface area contributed by atoms with Gasteiger partial charge in [-0.05, 0) is 17.7 Å². The zero-order valence-corrected chi connectivity index (χ0v) is 15.4. The van der Waals surface area contributed by atoms with Crippen molar-refractivity contribution in [2.24, 2.45) is 5.92 Å². The lowest BCUT2D eigenvalue weighted by Crippen LogP contribution is -2.33. The molecule has 2 aromatic carbocycles. The van der Waals surface area contributed by atoms with Gasteiger partial charge in [-0.25, -0.2) is 13.4 Å². The number of imidazole rings is 1. The number of nitrogens with zero attached hydrogens (tertiary/aromatic N) is 2. The highest BCUT2D eigenvalue weighted by Crippen LogP contribution is 2.49. The lowest BCUT2D eigenvalue weighted by Gasteiger charge is -2.35. The third-order valence-corrected chi connectivity index (χ3v) is 6.61. The summed E-state index contributed by atoms with van der Waals surface area (Å²) in [5.74, 6) is 0.219. The Hall–Kier alpha value is -2.64. The average molecular weight is 382 g/mol. The molecule has 138 valence electrons. The van der Waals surface area contributed by atoms with Crippen molar-refractivity contribution in [3.63, 3.8) is 0 Å². The Morgan fingerprint density at radius 2 is 2.00 bits per heavy atom. The van der Waals surface area contributed by atoms with Crippen LogP contribution in [0, 0.1) is 5.92 Å². The molecule has 7 heteroatoms. The van der Waals surface area contributed by atoms with Gasteiger partial charge in [-0.2, -0.15) is 0 Å². The fraction of sp³-hybridized carbons (Fsp3) is 0.250. The molecular formula is C20H18N2O4S. The third kappa shape index (κ3) is 2.42. The average Bonchev–Trinajstić information content (AvgIpc) is 3.22. The molecule has 0 aliphatic carbocycles. The van der Waals surface area contributed by atoms with Crippen molar-refractivity contribution in [3.05, 3.63) is 66.1 Å². The molecule has 27 heavy (non-hydrogen) atoms. The van der Waals surface area contributed by atoms with E-state index < -0.39 is 15.9 Å². The van der Waals surface area contributed by atoms with Crippen molar-refractivity contribution in [2.45, 2.75) is 17.0 Å². The maximum atomic E-state index is 11.8. The van der Waals surface area contributed by atoms with Gasteiger partial charge in [-0.15, -0.1) is 0 Å². The quantitative estimate of drug-likeness (QED) is 0.737. The van der Waals surface area contributed by atoms with Crippen LogP contribution in [0.15, 0.2) is 59.9 Å². The smallest absolute Gasteiger partial charge is 0.175 e. The van der Waals surface area contributed by atoms with Gasteiger partial charge < -0.3 is 14.4 Å². The molecule has 0 saturated carbocycles. The molecule has 0 spiro atoms. The fourth-order valence-corrected chi connectivity index (χ4v) is 4.83. The summed E-state index contributed by atoms with van der Waals surface area (Å²) in [5, 5.41) is 11.1. The van der Waals surface area contributed by atoms with Gasteiger partial charge >= 0.3 is 0 Å². The maximum absolute atomic E-state index is 11.8. The SMILES string of the molecule is CS(=O)(=O)c1ccc2c(c1)OC[C@H]([C@@H]1c3ccccc3-c3cncn31)[C@@H]2O. The molecule has 0 unspecified atom stereocenters. The second-order valence-corrected chi connectivity index (χ2v) is 9.13. The van der Waals surface area contributed by atoms with Gasteiger partial charge in [0.1, 0.15) is 5.75 Å². The van der Waals surface area contributed by atoms with Crippen LogP contribution in [-0.2, 0) is 9.84 Å². The number of ether oxygens (including phenoxy) is 1. The van der Waals surface area contributed by atoms with Crippen molar-refractivity contribution in [2.75, 3.05) is 12.9 Å². The monoisotopic (exact) mass is 382 g/mol. The summed E-state index contributed by atoms with van der Waals surface area (Å²) >= 11 is 0. The molecular weight excluding hydrogens is 364 g/mol. The summed E-state index contributed by atoms with van der Waals surface area (Å²) in [6.07, 6.45) is 4.01. The van der Waals surface area contributed by atoms with E-state index in [9.17, 15) is 13.5 Å². The topological polar surface area (TPSA) is 81.4 Å². The molecule has 0 saturated heterocycles. The van der Waals surface area contributed by atoms with Crippen LogP contribution in [0.5, 0.6) is 5.75 Å². The Bertz CT molecular complexity index is 1150. The first-order valence-electron chi connectivity index (χ1n) is 8.71. The molecule has 5 rings (SSSR count). The Morgan fingerprint density at radius 3 is 2.81 bits per heavy atom. The predicted molar refractivity (Wildman–Crippen MR) is 99.3 cm³/mol. The lowest BCUT2D eigenvalue weighted by atomic mass is 9.84. The summed E-state index contributed by atoms with van der Waals surface area (Å²) < 4.78 is 31.6. The van der Waals surface area contributed by atoms with Crippen molar-refractivity contribution >= 4 is 9.84 Å². The first kappa shape index (κ1) is 16.5. The van der Waals surface area contributed by atoms with Crippen molar-refractivity contribution < 1.29 is 18.3 Å². The minimum Gasteiger partial charge on any atom is -0.493 e. The minimum absolute atomic E-state index is 0.0866. The molecule has 1 aromatic heterocycles. The number of sulfone groups is 1. The standard InChI is InChI=1S/C20H18N2O4S/c1-27(24,25)12-6-7-15-18(8-12)26-10-16(20(15)23)19-14-5-3-2-4-13(14)17-9-21-11-22(17)19/h2-9,11,16,19-20,23H,10H2,1H3/t16-,19+,20-/m1/s1. The van der Waals surface area contributed by atoms with E-state index in [1.807, 2.05) is 18.3 Å². The van der Waals surface area contributed by atoms with E-state index in [0.29, 0.717) is 11.3 Å². The number of aliphatic hydroxyl groups is 1. The summed E-state index contributed by atoms with van der Waals surface area (Å²) in [6, 6.07) is 12.7. The van der Waals surface area contributed by atoms with Crippen molar-refractivity contribution in [1.82, 2.24) is 9.55 Å². The molecule has 3 heterocycles. The minimum atomic E-state index is -3.33. The highest BCUT2D eigenvalue weighted by molar-refractivity contribution is 7.90. The second kappa shape index (κ2) is 5.68. The van der Waals surface area contributed by atoms with Crippen molar-refractivity contribution in [1.29, 1.82) is 0 Å². The van der Waals surface area contributed by atoms with E-state index in [4.69, 9.17) is 4.74 Å². The molecule has 0 fully saturated rings. The molecule has 0 amide bonds. The number of aliphatic hydroxyl groups excluding tert-OH is 1. The summed E-state index contributed by atoms with van der Waals surface area (Å²) in [4.78, 5) is 4.46. The van der Waals surface area contributed by atoms with E-state index in [1.54, 1.807) is 12.4 Å². The van der Waals surface area contributed by atoms with Crippen LogP contribution in [0.25, 0.3) is 11.3 Å². The highest BCUT2D eigenvalue weighted by Gasteiger charge is 2.41. The Balaban J connectivity index is 1.57. The lowest BCUT2D eigenvalue weighted by molar-refractivity contribution is 0.0310. The van der Waals surface area contributed by atoms with Crippen LogP contribution in [0.1, 0.15) is 23.3 Å². The van der Waals surface area contributed by atoms with E-state index in [-0.39, 0.29) is 23.5 Å². The van der Waals surface area contributed by atoms with Crippen LogP contribution in [-0.4, -0.2) is 35.9 Å². The van der Waals surface area contributed by atoms with Crippen molar-refractivity contribution in [3.8, 4) is 17.0 Å². The second-order valence-electron chi connectivity index (χ2n) is 7.11. The number of hydrogen-bond donors (Lipinski definition) is 1. The van der Waals surface area contributed by atoms with E-state index in [0.717, 1.165) is 23.1 Å². The highest BCUT2D eigenvalue weighted by atomic mass is 32.2. The first-order valence-corrected chi connectivity index (χ1v) is 10.6. The van der Waals surface area contributed by atoms with Crippen LogP contribution < -0.4 is 4.74 Å². The number of benzene rings is 2. The van der Waals surface area contributed by atoms with Gasteiger partial charge in [-0.3, -0.25) is 0 Å². The van der Waals surface area contributed by atoms with Crippen LogP contribution >= 0.6 is 0 Å². The van der Waals surface area contributed by atoms with Crippen LogP contribution in [0.3, 0.4) is 0 Å². The third-order valence-electron chi connectivity index (χ3n) is 5.50. The summed E-state index contributed by atoms with van der Waals surface area (Å²) in [6.45, 7) is 0.290. The van der Waals surface area contributed by atoms with Gasteiger partial charge in [0.2, 0.25) is 0 Å². The number of rotatable bonds is 2. The molecule has 0 radical (unpaired) electrons. The Labute approximate surface area is 157 Å². The molecule has 2 aliphatic heterocycles. The molecule has 3 aromatic rings. The summed E-state index contributed by atoms with van der Waals surface area (Å²) in [7, 11) is -3.33. The zero-order valence-electron chi connectivity index (χ0n) is 14.6. The Kier molecular flexibility index (Phi) is 3.47. The van der Waals surface area contributed by atoms with E-state index >= 15 is 0 Å². The van der Waals surface area contributed by atoms with E-state index in [2.05, 4.69) is 21.7 Å². The molecule has 3 atom stereocenters. The van der Waals surface area contributed by atoms with E-state index in [1.165, 1.54) is 12.1 Å². The predicted octanol–water partition coefficient (Wildman–Crippen LogP) is 2.60. The van der Waals surface area contributed by atoms with Crippen LogP contribution in [0.4, 0.5) is 0 Å². The molecule has 1 N–H and O–H groups in total. The van der Waals surface area contributed by atoms with Gasteiger partial charge in [0.05, 0.1) is 41.9 Å².